The van der Waals surface area contributed by atoms with E-state index >= 15 is 0 Å². The summed E-state index contributed by atoms with van der Waals surface area (Å²) in [5, 5.41) is 2.41. The van der Waals surface area contributed by atoms with E-state index < -0.39 is 0 Å². The maximum atomic E-state index is 12.3. The molecule has 2 aromatic carbocycles. The highest BCUT2D eigenvalue weighted by molar-refractivity contribution is 7.18. The Morgan fingerprint density at radius 1 is 1.11 bits per heavy atom. The summed E-state index contributed by atoms with van der Waals surface area (Å²) >= 11 is 7.86. The molecule has 0 bridgehead atoms. The number of thiazole rings is 1. The summed E-state index contributed by atoms with van der Waals surface area (Å²) < 4.78 is 1.26. The van der Waals surface area contributed by atoms with E-state index in [-0.39, 0.29) is 5.56 Å². The predicted molar refractivity (Wildman–Crippen MR) is 114 cm³/mol. The van der Waals surface area contributed by atoms with Crippen LogP contribution in [0, 0.1) is 0 Å². The third-order valence-corrected chi connectivity index (χ3v) is 6.77. The molecule has 0 saturated carbocycles. The van der Waals surface area contributed by atoms with Crippen LogP contribution >= 0.6 is 22.9 Å². The standard InChI is InChI=1S/C21H19ClN4OS/c22-14-5-6-15-17(11-14)23-19(25-20(15)27)12-26-9-7-13(8-10-26)21-24-16-3-1-2-4-18(16)28-21/h1-6,11,13H,7-10,12H2,(H,23,25,27). The number of hydrogen-bond donors (Lipinski definition) is 1. The van der Waals surface area contributed by atoms with Gasteiger partial charge in [-0.25, -0.2) is 9.97 Å². The quantitative estimate of drug-likeness (QED) is 0.537. The number of aromatic nitrogens is 3. The molecule has 1 N–H and O–H groups in total. The molecule has 28 heavy (non-hydrogen) atoms. The third kappa shape index (κ3) is 3.43. The summed E-state index contributed by atoms with van der Waals surface area (Å²) in [6.07, 6.45) is 2.15. The van der Waals surface area contributed by atoms with Crippen LogP contribution in [-0.2, 0) is 6.54 Å². The summed E-state index contributed by atoms with van der Waals surface area (Å²) in [7, 11) is 0. The summed E-state index contributed by atoms with van der Waals surface area (Å²) in [6.45, 7) is 2.58. The lowest BCUT2D eigenvalue weighted by molar-refractivity contribution is 0.200. The summed E-state index contributed by atoms with van der Waals surface area (Å²) in [5.41, 5.74) is 1.64. The Kier molecular flexibility index (Phi) is 4.62. The van der Waals surface area contributed by atoms with Crippen molar-refractivity contribution in [2.75, 3.05) is 13.1 Å². The SMILES string of the molecule is O=c1[nH]c(CN2CCC(c3nc4ccccc4s3)CC2)nc2cc(Cl)ccc12. The molecule has 0 amide bonds. The number of nitrogens with zero attached hydrogens (tertiary/aromatic N) is 3. The molecule has 0 aliphatic carbocycles. The molecule has 5 rings (SSSR count). The number of piperidine rings is 1. The minimum atomic E-state index is -0.110. The Morgan fingerprint density at radius 3 is 2.75 bits per heavy atom. The van der Waals surface area contributed by atoms with Crippen LogP contribution in [0.1, 0.15) is 29.6 Å². The van der Waals surface area contributed by atoms with Crippen molar-refractivity contribution in [1.82, 2.24) is 19.9 Å². The minimum Gasteiger partial charge on any atom is -0.309 e. The van der Waals surface area contributed by atoms with Gasteiger partial charge in [-0.1, -0.05) is 23.7 Å². The Balaban J connectivity index is 1.29. The Bertz CT molecular complexity index is 1180. The van der Waals surface area contributed by atoms with Gasteiger partial charge in [0.05, 0.1) is 32.7 Å². The molecule has 2 aromatic heterocycles. The first kappa shape index (κ1) is 17.8. The number of nitrogens with one attached hydrogen (secondary N) is 1. The zero-order chi connectivity index (χ0) is 19.1. The third-order valence-electron chi connectivity index (χ3n) is 5.34. The maximum Gasteiger partial charge on any atom is 0.258 e. The molecule has 4 aromatic rings. The van der Waals surface area contributed by atoms with Crippen molar-refractivity contribution in [3.8, 4) is 0 Å². The van der Waals surface area contributed by atoms with Crippen LogP contribution in [0.4, 0.5) is 0 Å². The molecular formula is C21H19ClN4OS. The van der Waals surface area contributed by atoms with Crippen LogP contribution in [0.2, 0.25) is 5.02 Å². The zero-order valence-corrected chi connectivity index (χ0v) is 16.8. The highest BCUT2D eigenvalue weighted by Gasteiger charge is 2.24. The van der Waals surface area contributed by atoms with Crippen molar-refractivity contribution in [2.24, 2.45) is 0 Å². The van der Waals surface area contributed by atoms with Gasteiger partial charge in [0, 0.05) is 10.9 Å². The molecule has 5 nitrogen and oxygen atoms in total. The lowest BCUT2D eigenvalue weighted by Crippen LogP contribution is -2.33. The van der Waals surface area contributed by atoms with E-state index in [1.807, 2.05) is 17.4 Å². The number of para-hydroxylation sites is 1. The highest BCUT2D eigenvalue weighted by Crippen LogP contribution is 2.34. The van der Waals surface area contributed by atoms with Crippen molar-refractivity contribution >= 4 is 44.1 Å². The van der Waals surface area contributed by atoms with Gasteiger partial charge < -0.3 is 4.98 Å². The predicted octanol–water partition coefficient (Wildman–Crippen LogP) is 4.57. The number of fused-ring (bicyclic) bond motifs is 2. The van der Waals surface area contributed by atoms with Crippen LogP contribution < -0.4 is 5.56 Å². The first-order valence-electron chi connectivity index (χ1n) is 9.42. The molecule has 1 aliphatic heterocycles. The second-order valence-corrected chi connectivity index (χ2v) is 8.74. The second-order valence-electron chi connectivity index (χ2n) is 7.24. The van der Waals surface area contributed by atoms with Crippen LogP contribution in [0.25, 0.3) is 21.1 Å². The normalized spacial score (nSPS) is 16.2. The maximum absolute atomic E-state index is 12.3. The molecule has 1 saturated heterocycles. The number of rotatable bonds is 3. The number of benzene rings is 2. The zero-order valence-electron chi connectivity index (χ0n) is 15.2. The molecule has 1 aliphatic rings. The van der Waals surface area contributed by atoms with Gasteiger partial charge in [0.15, 0.2) is 0 Å². The van der Waals surface area contributed by atoms with E-state index in [0.29, 0.717) is 34.2 Å². The smallest absolute Gasteiger partial charge is 0.258 e. The van der Waals surface area contributed by atoms with E-state index in [1.54, 1.807) is 18.2 Å². The fraction of sp³-hybridized carbons (Fsp3) is 0.286. The topological polar surface area (TPSA) is 61.9 Å². The monoisotopic (exact) mass is 410 g/mol. The van der Waals surface area contributed by atoms with Gasteiger partial charge in [-0.15, -0.1) is 11.3 Å². The minimum absolute atomic E-state index is 0.110. The molecule has 0 spiro atoms. The molecular weight excluding hydrogens is 392 g/mol. The number of aromatic amines is 1. The molecule has 0 radical (unpaired) electrons. The lowest BCUT2D eigenvalue weighted by Gasteiger charge is -2.30. The van der Waals surface area contributed by atoms with Gasteiger partial charge in [0.1, 0.15) is 5.82 Å². The summed E-state index contributed by atoms with van der Waals surface area (Å²) in [5.74, 6) is 1.20. The average Bonchev–Trinajstić information content (AvgIpc) is 3.12. The second kappa shape index (κ2) is 7.28. The van der Waals surface area contributed by atoms with Crippen molar-refractivity contribution in [2.45, 2.75) is 25.3 Å². The number of halogens is 1. The summed E-state index contributed by atoms with van der Waals surface area (Å²) in [4.78, 5) is 27.0. The van der Waals surface area contributed by atoms with Crippen LogP contribution in [0.3, 0.4) is 0 Å². The van der Waals surface area contributed by atoms with Crippen LogP contribution in [0.15, 0.2) is 47.3 Å². The molecule has 1 fully saturated rings. The van der Waals surface area contributed by atoms with Gasteiger partial charge in [0.2, 0.25) is 0 Å². The first-order chi connectivity index (χ1) is 13.7. The van der Waals surface area contributed by atoms with Crippen molar-refractivity contribution < 1.29 is 0 Å². The van der Waals surface area contributed by atoms with Crippen molar-refractivity contribution in [1.29, 1.82) is 0 Å². The van der Waals surface area contributed by atoms with E-state index in [2.05, 4.69) is 33.1 Å². The van der Waals surface area contributed by atoms with Gasteiger partial charge >= 0.3 is 0 Å². The fourth-order valence-electron chi connectivity index (χ4n) is 3.85. The fourth-order valence-corrected chi connectivity index (χ4v) is 5.15. The van der Waals surface area contributed by atoms with Gasteiger partial charge in [0.25, 0.3) is 5.56 Å². The van der Waals surface area contributed by atoms with Gasteiger partial charge in [-0.3, -0.25) is 9.69 Å². The van der Waals surface area contributed by atoms with Gasteiger partial charge in [-0.2, -0.15) is 0 Å². The Labute approximate surface area is 171 Å². The Morgan fingerprint density at radius 2 is 1.93 bits per heavy atom. The number of hydrogen-bond acceptors (Lipinski definition) is 5. The summed E-state index contributed by atoms with van der Waals surface area (Å²) in [6, 6.07) is 13.5. The van der Waals surface area contributed by atoms with Gasteiger partial charge in [-0.05, 0) is 56.3 Å². The molecule has 0 unspecified atom stereocenters. The van der Waals surface area contributed by atoms with E-state index in [0.717, 1.165) is 31.4 Å². The van der Waals surface area contributed by atoms with Crippen molar-refractivity contribution in [3.05, 3.63) is 68.7 Å². The van der Waals surface area contributed by atoms with Crippen LogP contribution in [0.5, 0.6) is 0 Å². The number of H-pyrrole nitrogens is 1. The van der Waals surface area contributed by atoms with E-state index in [9.17, 15) is 4.79 Å². The van der Waals surface area contributed by atoms with Crippen molar-refractivity contribution in [3.63, 3.8) is 0 Å². The first-order valence-corrected chi connectivity index (χ1v) is 10.6. The molecule has 0 atom stereocenters. The highest BCUT2D eigenvalue weighted by atomic mass is 35.5. The molecule has 3 heterocycles. The molecule has 7 heteroatoms. The van der Waals surface area contributed by atoms with E-state index in [1.165, 1.54) is 9.71 Å². The number of likely N-dealkylation sites (tertiary alicyclic amines) is 1. The van der Waals surface area contributed by atoms with E-state index in [4.69, 9.17) is 16.6 Å². The average molecular weight is 411 g/mol. The van der Waals surface area contributed by atoms with Crippen LogP contribution in [-0.4, -0.2) is 32.9 Å². The Hall–Kier alpha value is -2.28. The molecule has 142 valence electrons. The lowest BCUT2D eigenvalue weighted by atomic mass is 9.97. The largest absolute Gasteiger partial charge is 0.309 e.